The standard InChI is InChI=1S/C46H48BrClN8O3/c1-45(2)42(46(3,4)43(45)59-32-14-12-29(24-49)34(48)23-32)52-40(57)30-25-50-38(51-26-30)18-21-54-19-16-27(17-20-54)28-13-15-35-37(22-28)55(31-8-5-6-9-31)44-53-41(58)39-33(47)10-7-11-36(39)56(35)44/h7,10-15,22-23,25-27,31,42-43H,5-6,8-9,16-21H2,1-4H3,(H,52,57). The quantitative estimate of drug-likeness (QED) is 0.152. The maximum Gasteiger partial charge on any atom is 0.283 e. The maximum atomic E-state index is 13.4. The third kappa shape index (κ3) is 6.99. The molecule has 6 aromatic rings. The molecule has 1 saturated heterocycles. The lowest BCUT2D eigenvalue weighted by Crippen LogP contribution is -2.74. The molecule has 1 aliphatic heterocycles. The van der Waals surface area contributed by atoms with Crippen LogP contribution in [0, 0.1) is 22.2 Å². The van der Waals surface area contributed by atoms with Crippen molar-refractivity contribution in [3.05, 3.63) is 109 Å². The van der Waals surface area contributed by atoms with Crippen molar-refractivity contribution in [2.45, 2.75) is 96.7 Å². The summed E-state index contributed by atoms with van der Waals surface area (Å²) in [6, 6.07) is 20.1. The van der Waals surface area contributed by atoms with Gasteiger partial charge in [-0.1, -0.05) is 64.3 Å². The molecule has 0 unspecified atom stereocenters. The average molecular weight is 876 g/mol. The van der Waals surface area contributed by atoms with E-state index in [2.05, 4.69) is 97.0 Å². The zero-order valence-corrected chi connectivity index (χ0v) is 36.2. The van der Waals surface area contributed by atoms with Crippen molar-refractivity contribution >= 4 is 61.2 Å². The van der Waals surface area contributed by atoms with Crippen LogP contribution in [0.25, 0.3) is 27.7 Å². The number of nitrogens with one attached hydrogen (secondary N) is 1. The molecule has 59 heavy (non-hydrogen) atoms. The van der Waals surface area contributed by atoms with E-state index in [1.807, 2.05) is 18.2 Å². The van der Waals surface area contributed by atoms with Gasteiger partial charge in [-0.3, -0.25) is 14.0 Å². The molecule has 0 spiro atoms. The zero-order valence-electron chi connectivity index (χ0n) is 33.8. The summed E-state index contributed by atoms with van der Waals surface area (Å²) >= 11 is 9.86. The highest BCUT2D eigenvalue weighted by Gasteiger charge is 2.64. The zero-order chi connectivity index (χ0) is 41.2. The Kier molecular flexibility index (Phi) is 10.3. The van der Waals surface area contributed by atoms with Gasteiger partial charge in [0, 0.05) is 58.8 Å². The predicted octanol–water partition coefficient (Wildman–Crippen LogP) is 9.03. The van der Waals surface area contributed by atoms with E-state index in [0.29, 0.717) is 45.7 Å². The number of piperidine rings is 1. The van der Waals surface area contributed by atoms with Gasteiger partial charge in [-0.2, -0.15) is 10.2 Å². The Morgan fingerprint density at radius 3 is 2.39 bits per heavy atom. The molecule has 3 aromatic heterocycles. The molecule has 11 nitrogen and oxygen atoms in total. The van der Waals surface area contributed by atoms with Crippen LogP contribution < -0.4 is 15.6 Å². The van der Waals surface area contributed by atoms with Crippen molar-refractivity contribution in [1.29, 1.82) is 5.26 Å². The molecule has 0 radical (unpaired) electrons. The first-order valence-electron chi connectivity index (χ1n) is 20.7. The highest BCUT2D eigenvalue weighted by atomic mass is 79.9. The van der Waals surface area contributed by atoms with Gasteiger partial charge in [-0.25, -0.2) is 9.97 Å². The number of carbonyl (C=O) groups excluding carboxylic acids is 1. The second kappa shape index (κ2) is 15.3. The molecule has 13 heteroatoms. The number of fused-ring (bicyclic) bond motifs is 5. The molecule has 1 amide bonds. The number of carbonyl (C=O) groups is 1. The van der Waals surface area contributed by atoms with Crippen molar-refractivity contribution in [1.82, 2.24) is 34.1 Å². The number of rotatable bonds is 9. The number of benzene rings is 3. The Hall–Kier alpha value is -4.83. The highest BCUT2D eigenvalue weighted by Crippen LogP contribution is 2.55. The first-order valence-corrected chi connectivity index (χ1v) is 21.9. The van der Waals surface area contributed by atoms with Gasteiger partial charge >= 0.3 is 0 Å². The predicted molar refractivity (Wildman–Crippen MR) is 233 cm³/mol. The first kappa shape index (κ1) is 39.6. The number of hydrogen-bond acceptors (Lipinski definition) is 8. The molecule has 4 heterocycles. The molecule has 3 fully saturated rings. The summed E-state index contributed by atoms with van der Waals surface area (Å²) in [4.78, 5) is 43.1. The minimum atomic E-state index is -0.373. The van der Waals surface area contributed by atoms with E-state index in [9.17, 15) is 14.9 Å². The van der Waals surface area contributed by atoms with Crippen molar-refractivity contribution in [2.75, 3.05) is 19.6 Å². The van der Waals surface area contributed by atoms with Crippen LogP contribution in [-0.2, 0) is 6.42 Å². The van der Waals surface area contributed by atoms with Crippen LogP contribution >= 0.6 is 27.5 Å². The second-order valence-electron chi connectivity index (χ2n) is 17.8. The lowest BCUT2D eigenvalue weighted by atomic mass is 9.49. The summed E-state index contributed by atoms with van der Waals surface area (Å²) in [7, 11) is 0. The van der Waals surface area contributed by atoms with Crippen molar-refractivity contribution in [2.24, 2.45) is 10.8 Å². The van der Waals surface area contributed by atoms with Crippen molar-refractivity contribution < 1.29 is 9.53 Å². The topological polar surface area (TPSA) is 130 Å². The van der Waals surface area contributed by atoms with Gasteiger partial charge < -0.3 is 19.5 Å². The number of halogens is 2. The Bertz CT molecular complexity index is 2690. The van der Waals surface area contributed by atoms with E-state index in [4.69, 9.17) is 21.3 Å². The van der Waals surface area contributed by atoms with E-state index in [-0.39, 0.29) is 34.4 Å². The van der Waals surface area contributed by atoms with Crippen molar-refractivity contribution in [3.8, 4) is 11.8 Å². The molecule has 304 valence electrons. The molecule has 3 aliphatic rings. The summed E-state index contributed by atoms with van der Waals surface area (Å²) in [5.74, 6) is 2.29. The molecule has 2 aliphatic carbocycles. The number of amides is 1. The van der Waals surface area contributed by atoms with E-state index in [1.165, 1.54) is 18.4 Å². The lowest BCUT2D eigenvalue weighted by molar-refractivity contribution is -0.164. The monoisotopic (exact) mass is 874 g/mol. The van der Waals surface area contributed by atoms with Crippen LogP contribution in [0.2, 0.25) is 5.02 Å². The molecule has 3 aromatic carbocycles. The largest absolute Gasteiger partial charge is 0.489 e. The summed E-state index contributed by atoms with van der Waals surface area (Å²) in [6.07, 6.45) is 10.5. The maximum absolute atomic E-state index is 13.4. The van der Waals surface area contributed by atoms with E-state index in [0.717, 1.165) is 77.9 Å². The van der Waals surface area contributed by atoms with Crippen LogP contribution in [0.5, 0.6) is 5.75 Å². The van der Waals surface area contributed by atoms with Crippen molar-refractivity contribution in [3.63, 3.8) is 0 Å². The van der Waals surface area contributed by atoms with Crippen LogP contribution in [0.15, 0.2) is 76.3 Å². The van der Waals surface area contributed by atoms with Gasteiger partial charge in [0.05, 0.1) is 38.1 Å². The number of hydrogen-bond donors (Lipinski definition) is 1. The third-order valence-electron chi connectivity index (χ3n) is 13.4. The third-order valence-corrected chi connectivity index (χ3v) is 14.3. The molecule has 2 saturated carbocycles. The van der Waals surface area contributed by atoms with E-state index >= 15 is 0 Å². The Morgan fingerprint density at radius 1 is 0.966 bits per heavy atom. The first-order chi connectivity index (χ1) is 28.3. The average Bonchev–Trinajstić information content (AvgIpc) is 3.87. The fraction of sp³-hybridized carbons (Fsp3) is 0.435. The summed E-state index contributed by atoms with van der Waals surface area (Å²) in [5.41, 5.74) is 4.37. The number of nitrogens with zero attached hydrogens (tertiary/aromatic N) is 7. The van der Waals surface area contributed by atoms with Gasteiger partial charge in [0.25, 0.3) is 11.5 Å². The van der Waals surface area contributed by atoms with Gasteiger partial charge in [-0.15, -0.1) is 0 Å². The summed E-state index contributed by atoms with van der Waals surface area (Å²) < 4.78 is 11.7. The van der Waals surface area contributed by atoms with Crippen LogP contribution in [0.1, 0.15) is 105 Å². The number of likely N-dealkylation sites (tertiary alicyclic amines) is 1. The Balaban J connectivity index is 0.824. The second-order valence-corrected chi connectivity index (χ2v) is 19.1. The number of nitriles is 1. The van der Waals surface area contributed by atoms with Gasteiger partial charge in [0.1, 0.15) is 23.7 Å². The minimum Gasteiger partial charge on any atom is -0.489 e. The number of ether oxygens (including phenoxy) is 1. The summed E-state index contributed by atoms with van der Waals surface area (Å²) in [6.45, 7) is 11.2. The SMILES string of the molecule is CC1(C)C(NC(=O)c2cnc(CCN3CCC(c4ccc5c(c4)n(C4CCCC4)c4nc(=O)c6c(Br)cccc6n54)CC3)nc2)C(C)(C)C1Oc1ccc(C#N)c(Cl)c1. The Labute approximate surface area is 356 Å². The molecular formula is C46H48BrClN8O3. The van der Waals surface area contributed by atoms with Gasteiger partial charge in [-0.05, 0) is 103 Å². The molecular weight excluding hydrogens is 828 g/mol. The van der Waals surface area contributed by atoms with Crippen LogP contribution in [-0.4, -0.2) is 66.5 Å². The smallest absolute Gasteiger partial charge is 0.283 e. The summed E-state index contributed by atoms with van der Waals surface area (Å²) in [5, 5.41) is 13.4. The van der Waals surface area contributed by atoms with Crippen LogP contribution in [0.4, 0.5) is 0 Å². The number of imidazole rings is 1. The molecule has 9 rings (SSSR count). The normalized spacial score (nSPS) is 20.8. The number of aromatic nitrogens is 5. The fourth-order valence-corrected chi connectivity index (χ4v) is 11.3. The lowest BCUT2D eigenvalue weighted by Gasteiger charge is -2.63. The molecule has 0 atom stereocenters. The Morgan fingerprint density at radius 2 is 1.69 bits per heavy atom. The van der Waals surface area contributed by atoms with Gasteiger partial charge in [0.2, 0.25) is 5.78 Å². The molecule has 0 bridgehead atoms. The fourth-order valence-electron chi connectivity index (χ4n) is 10.6. The van der Waals surface area contributed by atoms with Crippen LogP contribution in [0.3, 0.4) is 0 Å². The molecule has 1 N–H and O–H groups in total. The van der Waals surface area contributed by atoms with Gasteiger partial charge in [0.15, 0.2) is 0 Å². The van der Waals surface area contributed by atoms with E-state index in [1.54, 1.807) is 30.6 Å². The highest BCUT2D eigenvalue weighted by molar-refractivity contribution is 9.10. The van der Waals surface area contributed by atoms with E-state index < -0.39 is 0 Å². The minimum absolute atomic E-state index is 0.158.